The maximum Gasteiger partial charge on any atom is 0.431 e. The third kappa shape index (κ3) is 2.95. The largest absolute Gasteiger partial charge is 0.491 e. The lowest BCUT2D eigenvalue weighted by Gasteiger charge is -2.42. The van der Waals surface area contributed by atoms with E-state index in [2.05, 4.69) is 32.4 Å². The Labute approximate surface area is 160 Å². The number of aromatic nitrogens is 3. The van der Waals surface area contributed by atoms with Crippen LogP contribution in [0.4, 0.5) is 19.0 Å². The van der Waals surface area contributed by atoms with Gasteiger partial charge in [-0.25, -0.2) is 9.97 Å². The molecule has 5 nitrogen and oxygen atoms in total. The number of halogens is 3. The Morgan fingerprint density at radius 3 is 2.82 bits per heavy atom. The molecule has 0 saturated heterocycles. The van der Waals surface area contributed by atoms with Crippen molar-refractivity contribution < 1.29 is 17.9 Å². The molecule has 8 heteroatoms. The molecule has 1 aliphatic heterocycles. The van der Waals surface area contributed by atoms with Crippen LogP contribution in [0, 0.1) is 0 Å². The molecule has 1 saturated carbocycles. The van der Waals surface area contributed by atoms with Crippen LogP contribution in [0.15, 0.2) is 35.9 Å². The van der Waals surface area contributed by atoms with Gasteiger partial charge < -0.3 is 15.0 Å². The molecule has 2 aromatic rings. The standard InChI is InChI=1S/C20H21F3N4O/c21-20(22,23)16-9-13-17(24-11-25-18(13)27-16)26-14-10-19(7-3-4-8-19)28-15-6-2-1-5-12(14)15/h1,5,9,11,14H,2-4,6-8,10H2,(H2,24,25,26,27). The smallest absolute Gasteiger partial charge is 0.431 e. The molecule has 5 rings (SSSR count). The van der Waals surface area contributed by atoms with Gasteiger partial charge in [-0.3, -0.25) is 0 Å². The molecule has 1 spiro atoms. The molecule has 1 atom stereocenters. The van der Waals surface area contributed by atoms with Crippen LogP contribution in [0.5, 0.6) is 0 Å². The third-order valence-electron chi connectivity index (χ3n) is 6.01. The first-order chi connectivity index (χ1) is 13.4. The minimum Gasteiger partial charge on any atom is -0.491 e. The highest BCUT2D eigenvalue weighted by Gasteiger charge is 2.44. The predicted molar refractivity (Wildman–Crippen MR) is 98.6 cm³/mol. The highest BCUT2D eigenvalue weighted by molar-refractivity contribution is 5.88. The zero-order valence-corrected chi connectivity index (χ0v) is 15.3. The SMILES string of the molecule is FC(F)(F)c1cc2c(NC3CC4(CCCC4)OC4=C3C=CCC4)ncnc2[nH]1. The van der Waals surface area contributed by atoms with Gasteiger partial charge in [0.05, 0.1) is 11.4 Å². The van der Waals surface area contributed by atoms with Crippen molar-refractivity contribution in [1.82, 2.24) is 15.0 Å². The number of aromatic amines is 1. The number of nitrogens with one attached hydrogen (secondary N) is 2. The number of fused-ring (bicyclic) bond motifs is 1. The van der Waals surface area contributed by atoms with Crippen molar-refractivity contribution in [2.45, 2.75) is 62.8 Å². The Bertz CT molecular complexity index is 969. The maximum atomic E-state index is 13.1. The molecule has 3 heterocycles. The molecule has 2 aliphatic carbocycles. The second kappa shape index (κ2) is 6.25. The predicted octanol–water partition coefficient (Wildman–Crippen LogP) is 5.09. The van der Waals surface area contributed by atoms with Gasteiger partial charge in [-0.1, -0.05) is 12.2 Å². The molecule has 1 fully saturated rings. The lowest BCUT2D eigenvalue weighted by molar-refractivity contribution is -0.140. The fourth-order valence-corrected chi connectivity index (χ4v) is 4.69. The van der Waals surface area contributed by atoms with Crippen molar-refractivity contribution in [3.05, 3.63) is 41.6 Å². The summed E-state index contributed by atoms with van der Waals surface area (Å²) in [6.07, 6.45) is 7.99. The Hall–Kier alpha value is -2.51. The van der Waals surface area contributed by atoms with Crippen LogP contribution < -0.4 is 5.32 Å². The van der Waals surface area contributed by atoms with Gasteiger partial charge in [0.25, 0.3) is 0 Å². The van der Waals surface area contributed by atoms with E-state index >= 15 is 0 Å². The number of H-pyrrole nitrogens is 1. The molecule has 0 amide bonds. The van der Waals surface area contributed by atoms with Crippen LogP contribution in [0.3, 0.4) is 0 Å². The van der Waals surface area contributed by atoms with Crippen molar-refractivity contribution in [3.63, 3.8) is 0 Å². The fourth-order valence-electron chi connectivity index (χ4n) is 4.69. The van der Waals surface area contributed by atoms with E-state index in [0.29, 0.717) is 11.2 Å². The summed E-state index contributed by atoms with van der Waals surface area (Å²) in [6.45, 7) is 0. The highest BCUT2D eigenvalue weighted by Crippen LogP contribution is 2.46. The van der Waals surface area contributed by atoms with Crippen LogP contribution >= 0.6 is 0 Å². The second-order valence-corrected chi connectivity index (χ2v) is 7.88. The molecule has 0 bridgehead atoms. The number of anilines is 1. The van der Waals surface area contributed by atoms with Crippen molar-refractivity contribution in [2.75, 3.05) is 5.32 Å². The average molecular weight is 390 g/mol. The van der Waals surface area contributed by atoms with Crippen LogP contribution in [0.25, 0.3) is 11.0 Å². The summed E-state index contributed by atoms with van der Waals surface area (Å²) in [4.78, 5) is 10.6. The van der Waals surface area contributed by atoms with Gasteiger partial charge >= 0.3 is 6.18 Å². The molecule has 2 N–H and O–H groups in total. The van der Waals surface area contributed by atoms with Crippen LogP contribution in [-0.4, -0.2) is 26.6 Å². The molecular formula is C20H21F3N4O. The lowest BCUT2D eigenvalue weighted by Crippen LogP contribution is -2.42. The van der Waals surface area contributed by atoms with Gasteiger partial charge in [-0.2, -0.15) is 13.2 Å². The molecule has 148 valence electrons. The molecule has 1 unspecified atom stereocenters. The van der Waals surface area contributed by atoms with Crippen molar-refractivity contribution in [1.29, 1.82) is 0 Å². The summed E-state index contributed by atoms with van der Waals surface area (Å²) < 4.78 is 45.8. The van der Waals surface area contributed by atoms with E-state index in [1.807, 2.05) is 0 Å². The minimum absolute atomic E-state index is 0.0410. The Morgan fingerprint density at radius 1 is 1.21 bits per heavy atom. The maximum absolute atomic E-state index is 13.1. The quantitative estimate of drug-likeness (QED) is 0.749. The van der Waals surface area contributed by atoms with Gasteiger partial charge in [0.1, 0.15) is 34.8 Å². The van der Waals surface area contributed by atoms with Gasteiger partial charge in [-0.15, -0.1) is 0 Å². The number of allylic oxidation sites excluding steroid dienone is 2. The van der Waals surface area contributed by atoms with Crippen molar-refractivity contribution in [2.24, 2.45) is 0 Å². The number of alkyl halides is 3. The van der Waals surface area contributed by atoms with Crippen LogP contribution in [0.2, 0.25) is 0 Å². The van der Waals surface area contributed by atoms with E-state index in [1.54, 1.807) is 0 Å². The van der Waals surface area contributed by atoms with Gasteiger partial charge in [0, 0.05) is 18.4 Å². The van der Waals surface area contributed by atoms with Crippen LogP contribution in [-0.2, 0) is 10.9 Å². The number of hydrogen-bond acceptors (Lipinski definition) is 4. The summed E-state index contributed by atoms with van der Waals surface area (Å²) in [7, 11) is 0. The average Bonchev–Trinajstić information content (AvgIpc) is 3.29. The van der Waals surface area contributed by atoms with Crippen LogP contribution in [0.1, 0.15) is 50.6 Å². The zero-order valence-electron chi connectivity index (χ0n) is 15.3. The summed E-state index contributed by atoms with van der Waals surface area (Å²) in [5.74, 6) is 1.44. The molecule has 28 heavy (non-hydrogen) atoms. The molecule has 0 aromatic carbocycles. The monoisotopic (exact) mass is 390 g/mol. The van der Waals surface area contributed by atoms with E-state index in [9.17, 15) is 13.2 Å². The Kier molecular flexibility index (Phi) is 3.93. The van der Waals surface area contributed by atoms with E-state index in [1.165, 1.54) is 6.33 Å². The van der Waals surface area contributed by atoms with Gasteiger partial charge in [-0.05, 0) is 38.2 Å². The summed E-state index contributed by atoms with van der Waals surface area (Å²) >= 11 is 0. The molecule has 0 radical (unpaired) electrons. The normalized spacial score (nSPS) is 23.9. The second-order valence-electron chi connectivity index (χ2n) is 7.88. The zero-order chi connectivity index (χ0) is 19.4. The number of hydrogen-bond donors (Lipinski definition) is 2. The van der Waals surface area contributed by atoms with Gasteiger partial charge in [0.15, 0.2) is 0 Å². The summed E-state index contributed by atoms with van der Waals surface area (Å²) in [6, 6.07) is 1.04. The third-order valence-corrected chi connectivity index (χ3v) is 6.01. The summed E-state index contributed by atoms with van der Waals surface area (Å²) in [5.41, 5.74) is 0.286. The Balaban J connectivity index is 1.52. The van der Waals surface area contributed by atoms with Gasteiger partial charge in [0.2, 0.25) is 0 Å². The fraction of sp³-hybridized carbons (Fsp3) is 0.500. The molecule has 2 aromatic heterocycles. The first-order valence-electron chi connectivity index (χ1n) is 9.70. The minimum atomic E-state index is -4.45. The molecular weight excluding hydrogens is 369 g/mol. The lowest BCUT2D eigenvalue weighted by atomic mass is 9.83. The van der Waals surface area contributed by atoms with Crippen molar-refractivity contribution in [3.8, 4) is 0 Å². The van der Waals surface area contributed by atoms with E-state index < -0.39 is 11.9 Å². The number of rotatable bonds is 2. The van der Waals surface area contributed by atoms with E-state index in [0.717, 1.165) is 62.3 Å². The first-order valence-corrected chi connectivity index (χ1v) is 9.70. The summed E-state index contributed by atoms with van der Waals surface area (Å²) in [5, 5.41) is 3.76. The number of nitrogens with zero attached hydrogens (tertiary/aromatic N) is 2. The van der Waals surface area contributed by atoms with E-state index in [4.69, 9.17) is 4.74 Å². The highest BCUT2D eigenvalue weighted by atomic mass is 19.4. The number of ether oxygens (including phenoxy) is 1. The van der Waals surface area contributed by atoms with E-state index in [-0.39, 0.29) is 17.3 Å². The topological polar surface area (TPSA) is 62.8 Å². The molecule has 3 aliphatic rings. The van der Waals surface area contributed by atoms with Crippen molar-refractivity contribution >= 4 is 16.9 Å². The Morgan fingerprint density at radius 2 is 2.04 bits per heavy atom. The first kappa shape index (κ1) is 17.6.